The van der Waals surface area contributed by atoms with Gasteiger partial charge in [-0.05, 0) is 23.5 Å². The van der Waals surface area contributed by atoms with Gasteiger partial charge in [0.2, 0.25) is 0 Å². The number of methoxy groups -OCH3 is 1. The summed E-state index contributed by atoms with van der Waals surface area (Å²) < 4.78 is 5.17. The summed E-state index contributed by atoms with van der Waals surface area (Å²) in [6, 6.07) is 5.77. The third kappa shape index (κ3) is 4.47. The molecular formula is C14H20O3. The van der Waals surface area contributed by atoms with Gasteiger partial charge in [0.05, 0.1) is 13.5 Å². The first-order chi connectivity index (χ1) is 7.81. The van der Waals surface area contributed by atoms with Gasteiger partial charge in [0.15, 0.2) is 0 Å². The molecule has 0 aliphatic rings. The highest BCUT2D eigenvalue weighted by Gasteiger charge is 2.14. The molecule has 1 rings (SSSR count). The normalized spacial score (nSPS) is 11.3. The Balaban J connectivity index is 3.00. The number of benzene rings is 1. The highest BCUT2D eigenvalue weighted by atomic mass is 16.5. The number of carbonyl (C=O) groups is 1. The zero-order chi connectivity index (χ0) is 13.1. The fraction of sp³-hybridized carbons (Fsp3) is 0.500. The van der Waals surface area contributed by atoms with Crippen LogP contribution >= 0.6 is 0 Å². The Morgan fingerprint density at radius 2 is 2.00 bits per heavy atom. The quantitative estimate of drug-likeness (QED) is 0.874. The minimum atomic E-state index is -0.837. The fourth-order valence-electron chi connectivity index (χ4n) is 1.86. The van der Waals surface area contributed by atoms with Gasteiger partial charge in [-0.1, -0.05) is 32.9 Å². The third-order valence-corrected chi connectivity index (χ3v) is 2.42. The van der Waals surface area contributed by atoms with Gasteiger partial charge in [0.1, 0.15) is 5.75 Å². The van der Waals surface area contributed by atoms with Crippen LogP contribution in [-0.4, -0.2) is 18.2 Å². The molecule has 0 aromatic heterocycles. The zero-order valence-electron chi connectivity index (χ0n) is 10.9. The molecule has 94 valence electrons. The van der Waals surface area contributed by atoms with E-state index in [1.54, 1.807) is 7.11 Å². The Morgan fingerprint density at radius 1 is 1.35 bits per heavy atom. The summed E-state index contributed by atoms with van der Waals surface area (Å²) in [4.78, 5) is 10.8. The summed E-state index contributed by atoms with van der Waals surface area (Å²) in [5.41, 5.74) is 2.08. The van der Waals surface area contributed by atoms with Crippen molar-refractivity contribution in [3.8, 4) is 5.75 Å². The number of rotatable bonds is 4. The number of ether oxygens (including phenoxy) is 1. The first-order valence-corrected chi connectivity index (χ1v) is 5.69. The average Bonchev–Trinajstić information content (AvgIpc) is 2.14. The number of carboxylic acid groups (broad SMARTS) is 1. The van der Waals surface area contributed by atoms with Gasteiger partial charge >= 0.3 is 5.97 Å². The second kappa shape index (κ2) is 5.21. The molecule has 0 amide bonds. The van der Waals surface area contributed by atoms with Crippen molar-refractivity contribution in [2.24, 2.45) is 5.41 Å². The highest BCUT2D eigenvalue weighted by Crippen LogP contribution is 2.25. The molecule has 1 aromatic rings. The number of hydrogen-bond donors (Lipinski definition) is 1. The first kappa shape index (κ1) is 13.6. The summed E-state index contributed by atoms with van der Waals surface area (Å²) >= 11 is 0. The van der Waals surface area contributed by atoms with Gasteiger partial charge < -0.3 is 9.84 Å². The Hall–Kier alpha value is -1.51. The maximum atomic E-state index is 10.8. The maximum Gasteiger partial charge on any atom is 0.307 e. The lowest BCUT2D eigenvalue weighted by molar-refractivity contribution is -0.136. The van der Waals surface area contributed by atoms with Gasteiger partial charge in [0, 0.05) is 5.56 Å². The molecule has 0 aliphatic heterocycles. The standard InChI is InChI=1S/C14H20O3/c1-14(2,3)9-10-5-6-12(17-4)11(7-10)8-13(15)16/h5-7H,8-9H2,1-4H3,(H,15,16). The molecule has 17 heavy (non-hydrogen) atoms. The number of aliphatic carboxylic acids is 1. The maximum absolute atomic E-state index is 10.8. The summed E-state index contributed by atoms with van der Waals surface area (Å²) in [7, 11) is 1.56. The van der Waals surface area contributed by atoms with E-state index in [4.69, 9.17) is 9.84 Å². The molecule has 3 heteroatoms. The Morgan fingerprint density at radius 3 is 2.47 bits per heavy atom. The van der Waals surface area contributed by atoms with E-state index in [9.17, 15) is 4.79 Å². The molecule has 3 nitrogen and oxygen atoms in total. The van der Waals surface area contributed by atoms with Crippen LogP contribution in [0.25, 0.3) is 0 Å². The van der Waals surface area contributed by atoms with Gasteiger partial charge in [-0.25, -0.2) is 0 Å². The Kier molecular flexibility index (Phi) is 4.16. The summed E-state index contributed by atoms with van der Waals surface area (Å²) in [5.74, 6) is -0.193. The zero-order valence-corrected chi connectivity index (χ0v) is 10.9. The molecule has 0 fully saturated rings. The van der Waals surface area contributed by atoms with E-state index < -0.39 is 5.97 Å². The van der Waals surface area contributed by atoms with E-state index in [0.717, 1.165) is 17.5 Å². The van der Waals surface area contributed by atoms with E-state index >= 15 is 0 Å². The minimum Gasteiger partial charge on any atom is -0.496 e. The highest BCUT2D eigenvalue weighted by molar-refractivity contribution is 5.71. The average molecular weight is 236 g/mol. The lowest BCUT2D eigenvalue weighted by atomic mass is 9.87. The van der Waals surface area contributed by atoms with E-state index in [0.29, 0.717) is 5.75 Å². The van der Waals surface area contributed by atoms with Crippen LogP contribution in [0.3, 0.4) is 0 Å². The van der Waals surface area contributed by atoms with E-state index in [1.807, 2.05) is 18.2 Å². The molecule has 1 aromatic carbocycles. The molecule has 1 N–H and O–H groups in total. The summed E-state index contributed by atoms with van der Waals surface area (Å²) in [6.45, 7) is 6.48. The number of hydrogen-bond acceptors (Lipinski definition) is 2. The minimum absolute atomic E-state index is 0.00115. The molecule has 0 spiro atoms. The molecule has 0 aliphatic carbocycles. The van der Waals surface area contributed by atoms with Gasteiger partial charge in [-0.2, -0.15) is 0 Å². The Labute approximate surface area is 102 Å². The van der Waals surface area contributed by atoms with E-state index in [2.05, 4.69) is 20.8 Å². The Bertz CT molecular complexity index is 402. The first-order valence-electron chi connectivity index (χ1n) is 5.69. The molecule has 0 heterocycles. The van der Waals surface area contributed by atoms with Gasteiger partial charge in [-0.15, -0.1) is 0 Å². The van der Waals surface area contributed by atoms with Crippen molar-refractivity contribution in [3.05, 3.63) is 29.3 Å². The van der Waals surface area contributed by atoms with Crippen LogP contribution < -0.4 is 4.74 Å². The topological polar surface area (TPSA) is 46.5 Å². The predicted octanol–water partition coefficient (Wildman–Crippen LogP) is 2.91. The van der Waals surface area contributed by atoms with Crippen LogP contribution in [0.4, 0.5) is 0 Å². The molecule has 0 radical (unpaired) electrons. The SMILES string of the molecule is COc1ccc(CC(C)(C)C)cc1CC(=O)O. The number of carboxylic acids is 1. The lowest BCUT2D eigenvalue weighted by Crippen LogP contribution is -2.10. The van der Waals surface area contributed by atoms with E-state index in [1.165, 1.54) is 0 Å². The lowest BCUT2D eigenvalue weighted by Gasteiger charge is -2.19. The van der Waals surface area contributed by atoms with Crippen LogP contribution in [0.2, 0.25) is 0 Å². The van der Waals surface area contributed by atoms with Crippen LogP contribution in [0.5, 0.6) is 5.75 Å². The van der Waals surface area contributed by atoms with Gasteiger partial charge in [-0.3, -0.25) is 4.79 Å². The van der Waals surface area contributed by atoms with Gasteiger partial charge in [0.25, 0.3) is 0 Å². The molecule has 0 atom stereocenters. The van der Waals surface area contributed by atoms with Crippen LogP contribution in [0.1, 0.15) is 31.9 Å². The molecule has 0 bridgehead atoms. The van der Waals surface area contributed by atoms with Crippen molar-refractivity contribution in [2.75, 3.05) is 7.11 Å². The van der Waals surface area contributed by atoms with Crippen LogP contribution in [0, 0.1) is 5.41 Å². The van der Waals surface area contributed by atoms with Crippen molar-refractivity contribution in [1.82, 2.24) is 0 Å². The van der Waals surface area contributed by atoms with Crippen molar-refractivity contribution < 1.29 is 14.6 Å². The fourth-order valence-corrected chi connectivity index (χ4v) is 1.86. The van der Waals surface area contributed by atoms with Crippen molar-refractivity contribution in [3.63, 3.8) is 0 Å². The van der Waals surface area contributed by atoms with Crippen LogP contribution in [0.15, 0.2) is 18.2 Å². The second-order valence-corrected chi connectivity index (χ2v) is 5.45. The predicted molar refractivity (Wildman–Crippen MR) is 67.5 cm³/mol. The van der Waals surface area contributed by atoms with Crippen LogP contribution in [-0.2, 0) is 17.6 Å². The second-order valence-electron chi connectivity index (χ2n) is 5.45. The molecule has 0 saturated carbocycles. The van der Waals surface area contributed by atoms with Crippen molar-refractivity contribution in [1.29, 1.82) is 0 Å². The monoisotopic (exact) mass is 236 g/mol. The molecular weight excluding hydrogens is 216 g/mol. The summed E-state index contributed by atoms with van der Waals surface area (Å²) in [5, 5.41) is 8.85. The smallest absolute Gasteiger partial charge is 0.307 e. The molecule has 0 saturated heterocycles. The van der Waals surface area contributed by atoms with E-state index in [-0.39, 0.29) is 11.8 Å². The van der Waals surface area contributed by atoms with Crippen molar-refractivity contribution in [2.45, 2.75) is 33.6 Å². The largest absolute Gasteiger partial charge is 0.496 e. The molecule has 0 unspecified atom stereocenters. The summed E-state index contributed by atoms with van der Waals surface area (Å²) in [6.07, 6.45) is 0.921. The third-order valence-electron chi connectivity index (χ3n) is 2.42. The van der Waals surface area contributed by atoms with Crippen molar-refractivity contribution >= 4 is 5.97 Å².